The highest BCUT2D eigenvalue weighted by atomic mass is 35.7. The van der Waals surface area contributed by atoms with Gasteiger partial charge in [-0.1, -0.05) is 6.07 Å². The van der Waals surface area contributed by atoms with Crippen LogP contribution < -0.4 is 38.5 Å². The van der Waals surface area contributed by atoms with Crippen molar-refractivity contribution in [2.45, 2.75) is 26.9 Å². The van der Waals surface area contributed by atoms with Crippen LogP contribution in [0.5, 0.6) is 11.5 Å². The molecule has 10 heteroatoms. The summed E-state index contributed by atoms with van der Waals surface area (Å²) >= 11 is 0. The van der Waals surface area contributed by atoms with Gasteiger partial charge in [0.1, 0.15) is 17.4 Å². The maximum absolute atomic E-state index is 9.70. The third kappa shape index (κ3) is 7.20. The number of nitrogens with one attached hydrogen (secondary N) is 1. The molecule has 2 aromatic carbocycles. The number of fused-ring (bicyclic) bond motifs is 1. The number of methoxy groups -OCH3 is 2. The van der Waals surface area contributed by atoms with Crippen molar-refractivity contribution in [2.75, 3.05) is 20.8 Å². The number of hydrogen-bond acceptors (Lipinski definition) is 8. The Morgan fingerprint density at radius 1 is 1.00 bits per heavy atom. The van der Waals surface area contributed by atoms with Gasteiger partial charge in [-0.2, -0.15) is 0 Å². The van der Waals surface area contributed by atoms with Gasteiger partial charge in [0.15, 0.2) is 18.0 Å². The molecule has 0 spiro atoms. The van der Waals surface area contributed by atoms with Crippen molar-refractivity contribution >= 4 is 11.0 Å². The maximum atomic E-state index is 9.70. The summed E-state index contributed by atoms with van der Waals surface area (Å²) in [6.07, 6.45) is -0.451. The largest absolute Gasteiger partial charge is 0.493 e. The van der Waals surface area contributed by atoms with E-state index in [9.17, 15) is 5.11 Å². The molecule has 2 N–H and O–H groups in total. The van der Waals surface area contributed by atoms with E-state index < -0.39 is 16.3 Å². The fraction of sp³-hybridized carbons (Fsp3) is 0.318. The van der Waals surface area contributed by atoms with Crippen LogP contribution >= 0.6 is 0 Å². The molecule has 32 heavy (non-hydrogen) atoms. The van der Waals surface area contributed by atoms with Crippen LogP contribution in [0.25, 0.3) is 22.3 Å². The van der Waals surface area contributed by atoms with E-state index in [0.29, 0.717) is 23.8 Å². The molecule has 0 saturated carbocycles. The second-order valence-corrected chi connectivity index (χ2v) is 7.91. The fourth-order valence-corrected chi connectivity index (χ4v) is 3.23. The van der Waals surface area contributed by atoms with Crippen molar-refractivity contribution < 1.29 is 52.9 Å². The van der Waals surface area contributed by atoms with Gasteiger partial charge in [0.25, 0.3) is 0 Å². The first-order valence-corrected chi connectivity index (χ1v) is 10.8. The zero-order chi connectivity index (χ0) is 24.1. The zero-order valence-corrected chi connectivity index (χ0v) is 19.2. The summed E-state index contributed by atoms with van der Waals surface area (Å²) < 4.78 is 50.9. The van der Waals surface area contributed by atoms with Crippen molar-refractivity contribution in [1.82, 2.24) is 0 Å². The molecular weight excluding hydrogens is 442 g/mol. The van der Waals surface area contributed by atoms with E-state index in [1.807, 2.05) is 37.3 Å². The molecule has 0 aliphatic heterocycles. The lowest BCUT2D eigenvalue weighted by atomic mass is 10.0. The number of hydrogen-bond donors (Lipinski definition) is 2. The molecular formula is C22H26ClNO8. The summed E-state index contributed by atoms with van der Waals surface area (Å²) in [6, 6.07) is 11.8. The SMILES string of the molecule is COc1ccc(-c2cc(=[NH+]CC(C)O)c3c(C)cc(C)cc3o2)cc1OC.[O-][Cl+3]([O-])([O-])[O-]. The number of ether oxygens (including phenoxy) is 2. The minimum Gasteiger partial charge on any atom is -0.493 e. The molecule has 0 radical (unpaired) electrons. The molecule has 0 bridgehead atoms. The Morgan fingerprint density at radius 2 is 1.62 bits per heavy atom. The van der Waals surface area contributed by atoms with Crippen LogP contribution in [0.3, 0.4) is 0 Å². The predicted octanol–water partition coefficient (Wildman–Crippen LogP) is -2.66. The Labute approximate surface area is 187 Å². The maximum Gasteiger partial charge on any atom is 0.213 e. The van der Waals surface area contributed by atoms with Crippen LogP contribution in [0.4, 0.5) is 0 Å². The van der Waals surface area contributed by atoms with Crippen LogP contribution in [0.2, 0.25) is 0 Å². The molecule has 1 heterocycles. The minimum atomic E-state index is -4.94. The molecule has 3 aromatic rings. The first kappa shape index (κ1) is 25.6. The Hall–Kier alpha value is -2.66. The standard InChI is InChI=1S/C22H25NO4.ClHO4/c1-13-8-14(2)22-17(23-12-15(3)24)11-19(27-21(22)9-13)16-6-7-18(25-4)20(10-16)26-5;2-1(3,4)5/h6-11,15,24H,12H2,1-5H3;(H,2,3,4,5). The molecule has 0 aliphatic rings. The summed E-state index contributed by atoms with van der Waals surface area (Å²) in [7, 11) is -1.72. The lowest BCUT2D eigenvalue weighted by Gasteiger charge is -2.17. The summed E-state index contributed by atoms with van der Waals surface area (Å²) in [5.74, 6) is 2.02. The molecule has 0 saturated heterocycles. The van der Waals surface area contributed by atoms with E-state index in [0.717, 1.165) is 33.0 Å². The van der Waals surface area contributed by atoms with Crippen molar-refractivity contribution in [3.63, 3.8) is 0 Å². The molecule has 1 aromatic heterocycles. The molecule has 0 amide bonds. The Balaban J connectivity index is 0.000000654. The molecule has 0 fully saturated rings. The zero-order valence-electron chi connectivity index (χ0n) is 18.4. The normalized spacial score (nSPS) is 12.9. The summed E-state index contributed by atoms with van der Waals surface area (Å²) in [4.78, 5) is 3.34. The van der Waals surface area contributed by atoms with Crippen molar-refractivity contribution in [3.05, 3.63) is 52.9 Å². The summed E-state index contributed by atoms with van der Waals surface area (Å²) in [5.41, 5.74) is 3.94. The average Bonchev–Trinajstić information content (AvgIpc) is 2.69. The second-order valence-electron chi connectivity index (χ2n) is 7.16. The molecule has 174 valence electrons. The van der Waals surface area contributed by atoms with E-state index in [-0.39, 0.29) is 0 Å². The van der Waals surface area contributed by atoms with E-state index in [4.69, 9.17) is 32.5 Å². The predicted molar refractivity (Wildman–Crippen MR) is 105 cm³/mol. The van der Waals surface area contributed by atoms with Gasteiger partial charge in [0.2, 0.25) is 5.36 Å². The second kappa shape index (κ2) is 10.8. The van der Waals surface area contributed by atoms with Crippen molar-refractivity contribution in [1.29, 1.82) is 0 Å². The lowest BCUT2D eigenvalue weighted by Crippen LogP contribution is -2.78. The van der Waals surface area contributed by atoms with Gasteiger partial charge in [-0.05, 0) is 56.2 Å². The van der Waals surface area contributed by atoms with Gasteiger partial charge in [-0.25, -0.2) is 23.6 Å². The van der Waals surface area contributed by atoms with Gasteiger partial charge in [-0.3, -0.25) is 0 Å². The van der Waals surface area contributed by atoms with Crippen molar-refractivity contribution in [3.8, 4) is 22.8 Å². The van der Waals surface area contributed by atoms with E-state index >= 15 is 0 Å². The summed E-state index contributed by atoms with van der Waals surface area (Å²) in [6.45, 7) is 6.33. The first-order valence-electron chi connectivity index (χ1n) is 9.57. The Kier molecular flexibility index (Phi) is 8.62. The third-order valence-corrected chi connectivity index (χ3v) is 4.46. The monoisotopic (exact) mass is 467 g/mol. The van der Waals surface area contributed by atoms with Crippen molar-refractivity contribution in [2.24, 2.45) is 0 Å². The quantitative estimate of drug-likeness (QED) is 0.411. The smallest absolute Gasteiger partial charge is 0.213 e. The number of aliphatic hydroxyl groups excluding tert-OH is 1. The van der Waals surface area contributed by atoms with Gasteiger partial charge >= 0.3 is 0 Å². The Bertz CT molecular complexity index is 1130. The number of aryl methyl sites for hydroxylation is 2. The van der Waals surface area contributed by atoms with Crippen LogP contribution in [0, 0.1) is 24.1 Å². The van der Waals surface area contributed by atoms with Crippen LogP contribution in [-0.4, -0.2) is 32.0 Å². The molecule has 3 rings (SSSR count). The fourth-order valence-electron chi connectivity index (χ4n) is 3.23. The number of benzene rings is 2. The topological polar surface area (TPSA) is 158 Å². The van der Waals surface area contributed by atoms with E-state index in [1.165, 1.54) is 0 Å². The van der Waals surface area contributed by atoms with Gasteiger partial charge in [0, 0.05) is 5.56 Å². The minimum absolute atomic E-state index is 0.451. The highest BCUT2D eigenvalue weighted by Gasteiger charge is 2.14. The van der Waals surface area contributed by atoms with Gasteiger partial charge in [-0.15, -0.1) is 10.2 Å². The van der Waals surface area contributed by atoms with Gasteiger partial charge < -0.3 is 19.0 Å². The Morgan fingerprint density at radius 3 is 2.19 bits per heavy atom. The first-order chi connectivity index (χ1) is 14.9. The van der Waals surface area contributed by atoms with Gasteiger partial charge in [0.05, 0.1) is 25.7 Å². The number of halogens is 1. The van der Waals surface area contributed by atoms with E-state index in [1.54, 1.807) is 21.1 Å². The lowest BCUT2D eigenvalue weighted by molar-refractivity contribution is -2.00. The molecule has 9 nitrogen and oxygen atoms in total. The van der Waals surface area contributed by atoms with Crippen LogP contribution in [0.15, 0.2) is 40.8 Å². The highest BCUT2D eigenvalue weighted by molar-refractivity contribution is 5.82. The average molecular weight is 468 g/mol. The number of rotatable bonds is 5. The van der Waals surface area contributed by atoms with Crippen LogP contribution in [-0.2, 0) is 0 Å². The number of aliphatic hydroxyl groups is 1. The molecule has 1 unspecified atom stereocenters. The highest BCUT2D eigenvalue weighted by Crippen LogP contribution is 2.33. The third-order valence-electron chi connectivity index (χ3n) is 4.46. The van der Waals surface area contributed by atoms with E-state index in [2.05, 4.69) is 18.0 Å². The molecule has 0 aliphatic carbocycles. The summed E-state index contributed by atoms with van der Waals surface area (Å²) in [5, 5.41) is 11.6. The van der Waals surface area contributed by atoms with Crippen LogP contribution in [0.1, 0.15) is 18.1 Å². The molecule has 1 atom stereocenters.